The Morgan fingerprint density at radius 1 is 1.41 bits per heavy atom. The lowest BCUT2D eigenvalue weighted by atomic mass is 10.2. The van der Waals surface area contributed by atoms with Gasteiger partial charge in [-0.2, -0.15) is 5.10 Å². The number of halogens is 2. The van der Waals surface area contributed by atoms with Gasteiger partial charge >= 0.3 is 0 Å². The van der Waals surface area contributed by atoms with E-state index in [1.165, 1.54) is 6.33 Å². The average Bonchev–Trinajstić information content (AvgIpc) is 2.73. The van der Waals surface area contributed by atoms with Crippen LogP contribution in [-0.2, 0) is 19.0 Å². The molecule has 0 saturated carbocycles. The Hall–Kier alpha value is -0.880. The minimum absolute atomic E-state index is 0.415. The van der Waals surface area contributed by atoms with Gasteiger partial charge in [-0.15, -0.1) is 0 Å². The predicted molar refractivity (Wildman–Crippen MR) is 72.1 cm³/mol. The van der Waals surface area contributed by atoms with Gasteiger partial charge in [0.1, 0.15) is 18.7 Å². The molecular formula is C11H11Br2N3O. The number of alkyl halides is 1. The first-order valence-electron chi connectivity index (χ1n) is 5.01. The van der Waals surface area contributed by atoms with Gasteiger partial charge in [-0.25, -0.2) is 4.98 Å². The lowest BCUT2D eigenvalue weighted by Crippen LogP contribution is -2.05. The minimum atomic E-state index is 0.415. The molecule has 0 spiro atoms. The van der Waals surface area contributed by atoms with Gasteiger partial charge in [0.2, 0.25) is 0 Å². The van der Waals surface area contributed by atoms with Crippen LogP contribution in [0.2, 0.25) is 0 Å². The maximum absolute atomic E-state index is 5.73. The van der Waals surface area contributed by atoms with Crippen molar-refractivity contribution in [3.05, 3.63) is 40.4 Å². The van der Waals surface area contributed by atoms with Crippen LogP contribution in [0.25, 0.3) is 0 Å². The fraction of sp³-hybridized carbons (Fsp3) is 0.273. The van der Waals surface area contributed by atoms with Crippen LogP contribution in [0.4, 0.5) is 0 Å². The summed E-state index contributed by atoms with van der Waals surface area (Å²) in [6.45, 7) is 0.415. The van der Waals surface area contributed by atoms with E-state index in [0.29, 0.717) is 6.61 Å². The first-order chi connectivity index (χ1) is 8.20. The minimum Gasteiger partial charge on any atom is -0.485 e. The zero-order valence-electron chi connectivity index (χ0n) is 9.23. The van der Waals surface area contributed by atoms with E-state index < -0.39 is 0 Å². The number of rotatable bonds is 4. The highest BCUT2D eigenvalue weighted by Crippen LogP contribution is 2.25. The maximum atomic E-state index is 5.73. The summed E-state index contributed by atoms with van der Waals surface area (Å²) in [5.41, 5.74) is 1.10. The van der Waals surface area contributed by atoms with Crippen molar-refractivity contribution in [1.29, 1.82) is 0 Å². The molecule has 0 N–H and O–H groups in total. The summed E-state index contributed by atoms with van der Waals surface area (Å²) in [7, 11) is 1.85. The topological polar surface area (TPSA) is 39.9 Å². The Kier molecular flexibility index (Phi) is 4.17. The summed E-state index contributed by atoms with van der Waals surface area (Å²) in [5.74, 6) is 1.65. The van der Waals surface area contributed by atoms with Gasteiger partial charge in [0.25, 0.3) is 0 Å². The highest BCUT2D eigenvalue weighted by Gasteiger charge is 2.06. The second-order valence-electron chi connectivity index (χ2n) is 3.47. The van der Waals surface area contributed by atoms with Crippen molar-refractivity contribution in [2.75, 3.05) is 0 Å². The fourth-order valence-electron chi connectivity index (χ4n) is 1.39. The molecule has 0 aliphatic rings. The molecule has 0 saturated heterocycles. The van der Waals surface area contributed by atoms with Crippen molar-refractivity contribution in [2.45, 2.75) is 11.9 Å². The molecule has 0 atom stereocenters. The summed E-state index contributed by atoms with van der Waals surface area (Å²) in [5, 5.41) is 4.74. The fourth-order valence-corrected chi connectivity index (χ4v) is 2.23. The van der Waals surface area contributed by atoms with Crippen LogP contribution in [0.3, 0.4) is 0 Å². The van der Waals surface area contributed by atoms with Crippen molar-refractivity contribution < 1.29 is 4.74 Å². The average molecular weight is 361 g/mol. The molecule has 0 fully saturated rings. The zero-order chi connectivity index (χ0) is 12.3. The summed E-state index contributed by atoms with van der Waals surface area (Å²) >= 11 is 6.88. The molecule has 1 aromatic heterocycles. The molecule has 1 aromatic carbocycles. The van der Waals surface area contributed by atoms with E-state index in [1.807, 2.05) is 25.2 Å². The van der Waals surface area contributed by atoms with E-state index in [9.17, 15) is 0 Å². The normalized spacial score (nSPS) is 10.5. The van der Waals surface area contributed by atoms with Crippen LogP contribution >= 0.6 is 31.9 Å². The molecule has 6 heteroatoms. The summed E-state index contributed by atoms with van der Waals surface area (Å²) in [4.78, 5) is 4.11. The van der Waals surface area contributed by atoms with E-state index >= 15 is 0 Å². The van der Waals surface area contributed by atoms with Gasteiger partial charge in [0.05, 0.1) is 0 Å². The molecule has 1 heterocycles. The number of aromatic nitrogens is 3. The quantitative estimate of drug-likeness (QED) is 0.786. The number of ether oxygens (including phenoxy) is 1. The first-order valence-corrected chi connectivity index (χ1v) is 6.92. The molecule has 0 bridgehead atoms. The Bertz CT molecular complexity index is 513. The molecule has 0 unspecified atom stereocenters. The Balaban J connectivity index is 2.11. The smallest absolute Gasteiger partial charge is 0.164 e. The van der Waals surface area contributed by atoms with Crippen molar-refractivity contribution in [2.24, 2.45) is 7.05 Å². The van der Waals surface area contributed by atoms with Crippen LogP contribution in [0.15, 0.2) is 29.0 Å². The zero-order valence-corrected chi connectivity index (χ0v) is 12.4. The van der Waals surface area contributed by atoms with Crippen molar-refractivity contribution in [3.63, 3.8) is 0 Å². The molecule has 90 valence electrons. The van der Waals surface area contributed by atoms with E-state index in [1.54, 1.807) is 4.68 Å². The van der Waals surface area contributed by atoms with Crippen LogP contribution in [0, 0.1) is 0 Å². The largest absolute Gasteiger partial charge is 0.485 e. The molecule has 0 aliphatic carbocycles. The van der Waals surface area contributed by atoms with E-state index in [4.69, 9.17) is 4.74 Å². The third-order valence-electron chi connectivity index (χ3n) is 2.33. The molecule has 17 heavy (non-hydrogen) atoms. The summed E-state index contributed by atoms with van der Waals surface area (Å²) in [6.07, 6.45) is 1.52. The second kappa shape index (κ2) is 5.64. The highest BCUT2D eigenvalue weighted by molar-refractivity contribution is 9.10. The lowest BCUT2D eigenvalue weighted by molar-refractivity contribution is 0.287. The molecule has 4 nitrogen and oxygen atoms in total. The number of aryl methyl sites for hydroxylation is 1. The summed E-state index contributed by atoms with van der Waals surface area (Å²) in [6, 6.07) is 5.93. The van der Waals surface area contributed by atoms with Crippen LogP contribution in [0.5, 0.6) is 5.75 Å². The monoisotopic (exact) mass is 359 g/mol. The first kappa shape index (κ1) is 12.6. The van der Waals surface area contributed by atoms with Crippen molar-refractivity contribution >= 4 is 31.9 Å². The van der Waals surface area contributed by atoms with E-state index in [0.717, 1.165) is 26.9 Å². The van der Waals surface area contributed by atoms with E-state index in [2.05, 4.69) is 41.9 Å². The highest BCUT2D eigenvalue weighted by atomic mass is 79.9. The van der Waals surface area contributed by atoms with Gasteiger partial charge in [-0.05, 0) is 18.2 Å². The SMILES string of the molecule is Cn1ncnc1COc1ccc(Br)cc1CBr. The molecular weight excluding hydrogens is 350 g/mol. The lowest BCUT2D eigenvalue weighted by Gasteiger charge is -2.09. The van der Waals surface area contributed by atoms with Gasteiger partial charge in [0, 0.05) is 22.4 Å². The Morgan fingerprint density at radius 3 is 2.88 bits per heavy atom. The number of hydrogen-bond donors (Lipinski definition) is 0. The van der Waals surface area contributed by atoms with Crippen LogP contribution in [0.1, 0.15) is 11.4 Å². The van der Waals surface area contributed by atoms with Gasteiger partial charge in [-0.3, -0.25) is 4.68 Å². The Labute approximate surface area is 116 Å². The molecule has 0 amide bonds. The predicted octanol–water partition coefficient (Wildman–Crippen LogP) is 3.05. The number of hydrogen-bond acceptors (Lipinski definition) is 3. The standard InChI is InChI=1S/C11H11Br2N3O/c1-16-11(14-7-15-16)6-17-10-3-2-9(13)4-8(10)5-12/h2-4,7H,5-6H2,1H3. The third-order valence-corrected chi connectivity index (χ3v) is 3.43. The van der Waals surface area contributed by atoms with Gasteiger partial charge in [0.15, 0.2) is 5.82 Å². The molecule has 0 radical (unpaired) electrons. The molecule has 0 aliphatic heterocycles. The third kappa shape index (κ3) is 3.07. The molecule has 2 aromatic rings. The van der Waals surface area contributed by atoms with Gasteiger partial charge in [-0.1, -0.05) is 31.9 Å². The number of nitrogens with zero attached hydrogens (tertiary/aromatic N) is 3. The van der Waals surface area contributed by atoms with E-state index in [-0.39, 0.29) is 0 Å². The van der Waals surface area contributed by atoms with Crippen LogP contribution < -0.4 is 4.74 Å². The van der Waals surface area contributed by atoms with Crippen molar-refractivity contribution in [3.8, 4) is 5.75 Å². The van der Waals surface area contributed by atoms with Crippen LogP contribution in [-0.4, -0.2) is 14.8 Å². The van der Waals surface area contributed by atoms with Gasteiger partial charge < -0.3 is 4.74 Å². The second-order valence-corrected chi connectivity index (χ2v) is 4.95. The number of benzene rings is 1. The summed E-state index contributed by atoms with van der Waals surface area (Å²) < 4.78 is 8.47. The molecule has 2 rings (SSSR count). The van der Waals surface area contributed by atoms with Crippen molar-refractivity contribution in [1.82, 2.24) is 14.8 Å². The Morgan fingerprint density at radius 2 is 2.24 bits per heavy atom. The maximum Gasteiger partial charge on any atom is 0.164 e.